The summed E-state index contributed by atoms with van der Waals surface area (Å²) in [5.41, 5.74) is 8.24. The molecule has 14 heavy (non-hydrogen) atoms. The number of pyridine rings is 1. The summed E-state index contributed by atoms with van der Waals surface area (Å²) < 4.78 is 0. The van der Waals surface area contributed by atoms with Gasteiger partial charge in [-0.2, -0.15) is 0 Å². The van der Waals surface area contributed by atoms with Crippen LogP contribution < -0.4 is 0 Å². The molecule has 0 saturated heterocycles. The summed E-state index contributed by atoms with van der Waals surface area (Å²) >= 11 is 6.33. The van der Waals surface area contributed by atoms with Crippen molar-refractivity contribution < 1.29 is 0 Å². The first-order chi connectivity index (χ1) is 6.86. The van der Waals surface area contributed by atoms with Crippen molar-refractivity contribution in [2.75, 3.05) is 5.75 Å². The normalized spacial score (nSPS) is 11.4. The third-order valence-electron chi connectivity index (χ3n) is 1.43. The van der Waals surface area contributed by atoms with Crippen molar-refractivity contribution in [3.8, 4) is 0 Å². The highest BCUT2D eigenvalue weighted by Gasteiger charge is 2.02. The summed E-state index contributed by atoms with van der Waals surface area (Å²) in [5, 5.41) is 5.02. The van der Waals surface area contributed by atoms with Crippen LogP contribution in [0.5, 0.6) is 0 Å². The Hall–Kier alpha value is -1.10. The lowest BCUT2D eigenvalue weighted by molar-refractivity contribution is 1.00. The van der Waals surface area contributed by atoms with Gasteiger partial charge in [0.1, 0.15) is 0 Å². The van der Waals surface area contributed by atoms with Crippen molar-refractivity contribution in [2.45, 2.75) is 10.9 Å². The monoisotopic (exact) mass is 224 g/mol. The van der Waals surface area contributed by atoms with Crippen molar-refractivity contribution in [3.05, 3.63) is 35.0 Å². The number of nitrogens with zero attached hydrogens (tertiary/aromatic N) is 4. The highest BCUT2D eigenvalue weighted by Crippen LogP contribution is 2.17. The highest BCUT2D eigenvalue weighted by atomic mass is 32.2. The van der Waals surface area contributed by atoms with Crippen molar-refractivity contribution in [3.63, 3.8) is 0 Å². The molecular weight excluding hydrogens is 216 g/mol. The Bertz CT molecular complexity index is 334. The fourth-order valence-corrected chi connectivity index (χ4v) is 1.89. The lowest BCUT2D eigenvalue weighted by Gasteiger charge is -2.03. The molecule has 1 aromatic rings. The minimum Gasteiger partial charge on any atom is -0.265 e. The van der Waals surface area contributed by atoms with Crippen LogP contribution in [0.25, 0.3) is 10.4 Å². The van der Waals surface area contributed by atoms with E-state index in [0.717, 1.165) is 4.90 Å². The number of thioether (sulfide) groups is 1. The average Bonchev–Trinajstić information content (AvgIpc) is 2.25. The van der Waals surface area contributed by atoms with Gasteiger partial charge < -0.3 is 0 Å². The molecule has 6 heteroatoms. The quantitative estimate of drug-likeness (QED) is 0.254. The van der Waals surface area contributed by atoms with Crippen molar-refractivity contribution in [2.24, 2.45) is 5.11 Å². The van der Waals surface area contributed by atoms with Gasteiger partial charge in [0.05, 0.1) is 6.04 Å². The summed E-state index contributed by atoms with van der Waals surface area (Å²) in [6.45, 7) is 0. The van der Waals surface area contributed by atoms with Gasteiger partial charge in [0, 0.05) is 28.0 Å². The zero-order chi connectivity index (χ0) is 10.2. The smallest absolute Gasteiger partial charge is 0.0752 e. The molecule has 0 aromatic carbocycles. The minimum atomic E-state index is -0.229. The molecule has 1 heterocycles. The zero-order valence-corrected chi connectivity index (χ0v) is 8.91. The third kappa shape index (κ3) is 3.74. The number of hydrogen-bond acceptors (Lipinski definition) is 4. The first kappa shape index (κ1) is 11.0. The molecular formula is C8H8N4S2. The highest BCUT2D eigenvalue weighted by molar-refractivity contribution is 7.99. The molecule has 0 aliphatic heterocycles. The van der Waals surface area contributed by atoms with Gasteiger partial charge in [-0.3, -0.25) is 4.98 Å². The van der Waals surface area contributed by atoms with Crippen molar-refractivity contribution >= 4 is 29.3 Å². The summed E-state index contributed by atoms with van der Waals surface area (Å²) in [4.78, 5) is 7.72. The molecule has 0 aliphatic rings. The Morgan fingerprint density at radius 3 is 2.93 bits per heavy atom. The molecule has 1 atom stereocenters. The molecule has 0 spiro atoms. The number of aromatic nitrogens is 1. The Morgan fingerprint density at radius 1 is 1.64 bits per heavy atom. The van der Waals surface area contributed by atoms with Crippen LogP contribution in [0.2, 0.25) is 0 Å². The number of thiocarbonyl (C=S) groups is 1. The number of hydrogen-bond donors (Lipinski definition) is 0. The number of rotatable bonds is 5. The van der Waals surface area contributed by atoms with E-state index in [1.54, 1.807) is 24.2 Å². The third-order valence-corrected chi connectivity index (χ3v) is 2.86. The minimum absolute atomic E-state index is 0.229. The fourth-order valence-electron chi connectivity index (χ4n) is 0.782. The summed E-state index contributed by atoms with van der Waals surface area (Å²) in [5.74, 6) is 0.664. The van der Waals surface area contributed by atoms with E-state index in [1.165, 1.54) is 5.37 Å². The van der Waals surface area contributed by atoms with E-state index in [-0.39, 0.29) is 6.04 Å². The first-order valence-corrected chi connectivity index (χ1v) is 5.35. The van der Waals surface area contributed by atoms with E-state index in [4.69, 9.17) is 17.7 Å². The summed E-state index contributed by atoms with van der Waals surface area (Å²) in [7, 11) is 0. The largest absolute Gasteiger partial charge is 0.265 e. The van der Waals surface area contributed by atoms with Gasteiger partial charge in [0.25, 0.3) is 0 Å². The summed E-state index contributed by atoms with van der Waals surface area (Å²) in [6.07, 6.45) is 3.45. The molecule has 0 N–H and O–H groups in total. The molecule has 1 unspecified atom stereocenters. The maximum absolute atomic E-state index is 8.24. The molecule has 0 saturated carbocycles. The molecule has 0 bridgehead atoms. The van der Waals surface area contributed by atoms with Crippen LogP contribution in [0.1, 0.15) is 0 Å². The second kappa shape index (κ2) is 6.37. The Kier molecular flexibility index (Phi) is 4.99. The molecule has 0 fully saturated rings. The van der Waals surface area contributed by atoms with E-state index in [2.05, 4.69) is 15.0 Å². The standard InChI is InChI=1S/C8H8N4S2/c9-12-11-7(5-13)6-14-8-1-3-10-4-2-8/h1-5,7H,6H2. The van der Waals surface area contributed by atoms with Gasteiger partial charge in [-0.15, -0.1) is 11.8 Å². The molecule has 4 nitrogen and oxygen atoms in total. The topological polar surface area (TPSA) is 61.7 Å². The van der Waals surface area contributed by atoms with E-state index < -0.39 is 0 Å². The Labute approximate surface area is 91.4 Å². The number of azide groups is 1. The maximum Gasteiger partial charge on any atom is 0.0752 e. The van der Waals surface area contributed by atoms with Gasteiger partial charge in [-0.1, -0.05) is 17.3 Å². The van der Waals surface area contributed by atoms with Gasteiger partial charge in [0.15, 0.2) is 0 Å². The van der Waals surface area contributed by atoms with Crippen LogP contribution >= 0.6 is 24.0 Å². The predicted molar refractivity (Wildman–Crippen MR) is 61.6 cm³/mol. The van der Waals surface area contributed by atoms with E-state index in [1.807, 2.05) is 12.1 Å². The van der Waals surface area contributed by atoms with Crippen LogP contribution in [0.15, 0.2) is 34.5 Å². The Balaban J connectivity index is 2.47. The SMILES string of the molecule is [N-]=[N+]=NC(C=S)CSc1ccncc1. The van der Waals surface area contributed by atoms with E-state index >= 15 is 0 Å². The van der Waals surface area contributed by atoms with E-state index in [9.17, 15) is 0 Å². The molecule has 0 amide bonds. The van der Waals surface area contributed by atoms with Gasteiger partial charge in [0.2, 0.25) is 0 Å². The Morgan fingerprint density at radius 2 is 2.36 bits per heavy atom. The lowest BCUT2D eigenvalue weighted by Crippen LogP contribution is -2.06. The first-order valence-electron chi connectivity index (χ1n) is 3.89. The molecule has 72 valence electrons. The van der Waals surface area contributed by atoms with E-state index in [0.29, 0.717) is 5.75 Å². The summed E-state index contributed by atoms with van der Waals surface area (Å²) in [6, 6.07) is 3.58. The van der Waals surface area contributed by atoms with Crippen molar-refractivity contribution in [1.82, 2.24) is 4.98 Å². The van der Waals surface area contributed by atoms with Crippen LogP contribution in [-0.2, 0) is 0 Å². The van der Waals surface area contributed by atoms with Gasteiger partial charge in [-0.05, 0) is 23.0 Å². The van der Waals surface area contributed by atoms with Crippen LogP contribution in [0.4, 0.5) is 0 Å². The van der Waals surface area contributed by atoms with Crippen LogP contribution in [-0.4, -0.2) is 22.1 Å². The fraction of sp³-hybridized carbons (Fsp3) is 0.250. The zero-order valence-electron chi connectivity index (χ0n) is 7.28. The van der Waals surface area contributed by atoms with Crippen molar-refractivity contribution in [1.29, 1.82) is 0 Å². The van der Waals surface area contributed by atoms with Gasteiger partial charge in [-0.25, -0.2) is 0 Å². The maximum atomic E-state index is 8.24. The second-order valence-electron chi connectivity index (χ2n) is 2.40. The lowest BCUT2D eigenvalue weighted by atomic mass is 10.4. The predicted octanol–water partition coefficient (Wildman–Crippen LogP) is 2.85. The van der Waals surface area contributed by atoms with Crippen LogP contribution in [0.3, 0.4) is 0 Å². The molecule has 0 radical (unpaired) electrons. The van der Waals surface area contributed by atoms with Gasteiger partial charge >= 0.3 is 0 Å². The molecule has 1 aromatic heterocycles. The second-order valence-corrected chi connectivity index (χ2v) is 3.77. The molecule has 1 rings (SSSR count). The molecule has 0 aliphatic carbocycles. The van der Waals surface area contributed by atoms with Crippen LogP contribution in [0, 0.1) is 0 Å². The average molecular weight is 224 g/mol.